The molecule has 3 fully saturated rings. The molecular formula is C26H36F3N3O4. The summed E-state index contributed by atoms with van der Waals surface area (Å²) in [6.45, 7) is 0.897. The van der Waals surface area contributed by atoms with Crippen molar-refractivity contribution in [3.05, 3.63) is 24.0 Å². The second-order valence-electron chi connectivity index (χ2n) is 10.5. The molecule has 2 amide bonds. The number of hydrogen-bond acceptors (Lipinski definition) is 5. The number of ether oxygens (including phenoxy) is 1. The lowest BCUT2D eigenvalue weighted by Crippen LogP contribution is -2.44. The zero-order valence-electron chi connectivity index (χ0n) is 20.6. The van der Waals surface area contributed by atoms with Crippen LogP contribution in [0.25, 0.3) is 0 Å². The molecule has 1 aromatic heterocycles. The Morgan fingerprint density at radius 2 is 1.83 bits per heavy atom. The molecule has 36 heavy (non-hydrogen) atoms. The molecule has 2 aliphatic carbocycles. The van der Waals surface area contributed by atoms with Crippen LogP contribution in [0.3, 0.4) is 0 Å². The van der Waals surface area contributed by atoms with Gasteiger partial charge in [-0.25, -0.2) is 4.98 Å². The number of aliphatic hydroxyl groups is 1. The third-order valence-electron chi connectivity index (χ3n) is 7.98. The van der Waals surface area contributed by atoms with E-state index in [-0.39, 0.29) is 62.4 Å². The summed E-state index contributed by atoms with van der Waals surface area (Å²) in [6, 6.07) is 3.12. The Kier molecular flexibility index (Phi) is 8.42. The lowest BCUT2D eigenvalue weighted by Gasteiger charge is -2.33. The van der Waals surface area contributed by atoms with Crippen LogP contribution in [0, 0.1) is 11.8 Å². The molecule has 2 saturated carbocycles. The third kappa shape index (κ3) is 6.49. The van der Waals surface area contributed by atoms with E-state index in [0.717, 1.165) is 32.1 Å². The number of aromatic nitrogens is 1. The molecule has 1 aromatic rings. The lowest BCUT2D eigenvalue weighted by molar-refractivity contribution is -0.185. The Morgan fingerprint density at radius 1 is 1.11 bits per heavy atom. The van der Waals surface area contributed by atoms with Crippen LogP contribution < -0.4 is 10.1 Å². The van der Waals surface area contributed by atoms with Gasteiger partial charge in [0.25, 0.3) is 5.91 Å². The zero-order valence-corrected chi connectivity index (χ0v) is 20.6. The van der Waals surface area contributed by atoms with E-state index in [0.29, 0.717) is 25.1 Å². The number of alkyl halides is 3. The Bertz CT molecular complexity index is 912. The molecule has 0 aromatic carbocycles. The highest BCUT2D eigenvalue weighted by atomic mass is 19.4. The van der Waals surface area contributed by atoms with Gasteiger partial charge in [-0.3, -0.25) is 9.59 Å². The van der Waals surface area contributed by atoms with Crippen molar-refractivity contribution in [2.75, 3.05) is 19.7 Å². The Hall–Kier alpha value is -2.36. The fourth-order valence-corrected chi connectivity index (χ4v) is 5.78. The Labute approximate surface area is 209 Å². The lowest BCUT2D eigenvalue weighted by atomic mass is 9.81. The van der Waals surface area contributed by atoms with Crippen molar-refractivity contribution in [1.82, 2.24) is 15.2 Å². The summed E-state index contributed by atoms with van der Waals surface area (Å²) in [5.41, 5.74) is -0.772. The molecule has 3 aliphatic rings. The molecular weight excluding hydrogens is 475 g/mol. The number of amides is 2. The molecule has 7 nitrogen and oxygen atoms in total. The average Bonchev–Trinajstić information content (AvgIpc) is 3.34. The first-order chi connectivity index (χ1) is 17.2. The molecule has 1 aliphatic heterocycles. The summed E-state index contributed by atoms with van der Waals surface area (Å²) in [7, 11) is 0. The van der Waals surface area contributed by atoms with Gasteiger partial charge in [-0.1, -0.05) is 19.3 Å². The van der Waals surface area contributed by atoms with Gasteiger partial charge in [0.15, 0.2) is 11.4 Å². The SMILES string of the molecule is O=C(NCC1(O)CCCCC1)c1ncccc1OC[C@H]1CCCN1C(=O)C1CCC(C(F)(F)F)CC1. The van der Waals surface area contributed by atoms with E-state index >= 15 is 0 Å². The molecule has 0 unspecified atom stereocenters. The maximum Gasteiger partial charge on any atom is 0.391 e. The third-order valence-corrected chi connectivity index (χ3v) is 7.98. The molecule has 200 valence electrons. The molecule has 2 heterocycles. The summed E-state index contributed by atoms with van der Waals surface area (Å²) in [4.78, 5) is 31.8. The number of hydrogen-bond donors (Lipinski definition) is 2. The maximum atomic E-state index is 13.1. The van der Waals surface area contributed by atoms with Gasteiger partial charge < -0.3 is 20.1 Å². The molecule has 0 bridgehead atoms. The van der Waals surface area contributed by atoms with Crippen molar-refractivity contribution in [2.45, 2.75) is 88.4 Å². The summed E-state index contributed by atoms with van der Waals surface area (Å²) in [6.07, 6.45) is 3.62. The monoisotopic (exact) mass is 511 g/mol. The quantitative estimate of drug-likeness (QED) is 0.571. The predicted molar refractivity (Wildman–Crippen MR) is 126 cm³/mol. The van der Waals surface area contributed by atoms with Crippen LogP contribution in [0.5, 0.6) is 5.75 Å². The van der Waals surface area contributed by atoms with Crippen molar-refractivity contribution in [3.63, 3.8) is 0 Å². The molecule has 0 spiro atoms. The summed E-state index contributed by atoms with van der Waals surface area (Å²) < 4.78 is 44.9. The van der Waals surface area contributed by atoms with Crippen molar-refractivity contribution in [1.29, 1.82) is 0 Å². The number of pyridine rings is 1. The van der Waals surface area contributed by atoms with Gasteiger partial charge in [-0.05, 0) is 63.5 Å². The molecule has 1 saturated heterocycles. The minimum atomic E-state index is -4.19. The fraction of sp³-hybridized carbons (Fsp3) is 0.731. The number of nitrogens with one attached hydrogen (secondary N) is 1. The minimum absolute atomic E-state index is 0.00179. The summed E-state index contributed by atoms with van der Waals surface area (Å²) in [5, 5.41) is 13.5. The van der Waals surface area contributed by atoms with Crippen molar-refractivity contribution in [2.24, 2.45) is 11.8 Å². The number of carbonyl (C=O) groups is 2. The zero-order chi connectivity index (χ0) is 25.8. The normalized spacial score (nSPS) is 26.4. The molecule has 2 N–H and O–H groups in total. The van der Waals surface area contributed by atoms with Crippen molar-refractivity contribution in [3.8, 4) is 5.75 Å². The van der Waals surface area contributed by atoms with Gasteiger partial charge in [0.2, 0.25) is 5.91 Å². The van der Waals surface area contributed by atoms with E-state index in [1.54, 1.807) is 17.0 Å². The highest BCUT2D eigenvalue weighted by molar-refractivity contribution is 5.94. The van der Waals surface area contributed by atoms with Crippen LogP contribution in [0.15, 0.2) is 18.3 Å². The Balaban J connectivity index is 1.32. The van der Waals surface area contributed by atoms with Crippen LogP contribution in [0.1, 0.15) is 81.1 Å². The molecule has 0 radical (unpaired) electrons. The first-order valence-corrected chi connectivity index (χ1v) is 13.1. The first kappa shape index (κ1) is 26.7. The van der Waals surface area contributed by atoms with E-state index in [9.17, 15) is 27.9 Å². The largest absolute Gasteiger partial charge is 0.489 e. The van der Waals surface area contributed by atoms with E-state index < -0.39 is 23.6 Å². The van der Waals surface area contributed by atoms with Crippen LogP contribution in [0.4, 0.5) is 13.2 Å². The van der Waals surface area contributed by atoms with Gasteiger partial charge in [0, 0.05) is 25.2 Å². The van der Waals surface area contributed by atoms with Gasteiger partial charge in [-0.15, -0.1) is 0 Å². The van der Waals surface area contributed by atoms with Crippen molar-refractivity contribution >= 4 is 11.8 Å². The van der Waals surface area contributed by atoms with E-state index in [1.165, 1.54) is 6.20 Å². The second kappa shape index (κ2) is 11.4. The first-order valence-electron chi connectivity index (χ1n) is 13.1. The average molecular weight is 512 g/mol. The second-order valence-corrected chi connectivity index (χ2v) is 10.5. The summed E-state index contributed by atoms with van der Waals surface area (Å²) >= 11 is 0. The van der Waals surface area contributed by atoms with Crippen molar-refractivity contribution < 1.29 is 32.6 Å². The van der Waals surface area contributed by atoms with E-state index in [4.69, 9.17) is 4.74 Å². The maximum absolute atomic E-state index is 13.1. The van der Waals surface area contributed by atoms with E-state index in [1.807, 2.05) is 0 Å². The highest BCUT2D eigenvalue weighted by Gasteiger charge is 2.44. The Morgan fingerprint density at radius 3 is 2.53 bits per heavy atom. The smallest absolute Gasteiger partial charge is 0.391 e. The number of rotatable bonds is 7. The van der Waals surface area contributed by atoms with Crippen LogP contribution >= 0.6 is 0 Å². The van der Waals surface area contributed by atoms with Crippen LogP contribution in [0.2, 0.25) is 0 Å². The van der Waals surface area contributed by atoms with Gasteiger partial charge in [0.05, 0.1) is 17.6 Å². The number of halogens is 3. The van der Waals surface area contributed by atoms with E-state index in [2.05, 4.69) is 10.3 Å². The predicted octanol–water partition coefficient (Wildman–Crippen LogP) is 4.25. The molecule has 4 rings (SSSR count). The number of carbonyl (C=O) groups excluding carboxylic acids is 2. The molecule has 10 heteroatoms. The van der Waals surface area contributed by atoms with Gasteiger partial charge >= 0.3 is 6.18 Å². The highest BCUT2D eigenvalue weighted by Crippen LogP contribution is 2.40. The summed E-state index contributed by atoms with van der Waals surface area (Å²) in [5.74, 6) is -1.91. The topological polar surface area (TPSA) is 91.8 Å². The van der Waals surface area contributed by atoms with Crippen LogP contribution in [-0.4, -0.2) is 64.3 Å². The number of likely N-dealkylation sites (tertiary alicyclic amines) is 1. The standard InChI is InChI=1S/C26H36F3N3O4/c27-26(28,29)19-10-8-18(9-11-19)24(34)32-15-5-6-20(32)16-36-21-7-4-14-30-22(21)23(33)31-17-25(35)12-2-1-3-13-25/h4,7,14,18-20,35H,1-3,5-6,8-13,15-17H2,(H,31,33)/t18?,19?,20-/m1/s1. The van der Waals surface area contributed by atoms with Crippen LogP contribution in [-0.2, 0) is 4.79 Å². The fourth-order valence-electron chi connectivity index (χ4n) is 5.78. The van der Waals surface area contributed by atoms with Gasteiger partial charge in [-0.2, -0.15) is 13.2 Å². The minimum Gasteiger partial charge on any atom is -0.489 e. The van der Waals surface area contributed by atoms with Gasteiger partial charge in [0.1, 0.15) is 6.61 Å². The molecule has 1 atom stereocenters. The number of nitrogens with zero attached hydrogens (tertiary/aromatic N) is 2.